The first-order valence-electron chi connectivity index (χ1n) is 7.70. The van der Waals surface area contributed by atoms with E-state index >= 15 is 0 Å². The lowest BCUT2D eigenvalue weighted by Gasteiger charge is -2.13. The van der Waals surface area contributed by atoms with Crippen LogP contribution < -0.4 is 15.1 Å². The highest BCUT2D eigenvalue weighted by Gasteiger charge is 2.22. The number of ether oxygens (including phenoxy) is 2. The standard InChI is InChI=1S/C19H16O6/c1-11(2)23-13-9-6-10-14-15(13)16(20)17(19(22)24-14)25-18(21)12-7-4-3-5-8-12/h3-11,20H,1-2H3. The van der Waals surface area contributed by atoms with Crippen LogP contribution in [0.25, 0.3) is 11.0 Å². The number of hydrogen-bond donors (Lipinski definition) is 1. The molecule has 6 heteroatoms. The van der Waals surface area contributed by atoms with E-state index in [1.165, 1.54) is 18.2 Å². The van der Waals surface area contributed by atoms with Gasteiger partial charge in [-0.05, 0) is 38.1 Å². The fraction of sp³-hybridized carbons (Fsp3) is 0.158. The third kappa shape index (κ3) is 3.33. The Morgan fingerprint density at radius 1 is 1.08 bits per heavy atom. The van der Waals surface area contributed by atoms with Crippen molar-refractivity contribution in [3.8, 4) is 17.2 Å². The van der Waals surface area contributed by atoms with E-state index in [0.717, 1.165) is 0 Å². The monoisotopic (exact) mass is 340 g/mol. The number of carbonyl (C=O) groups is 1. The lowest BCUT2D eigenvalue weighted by Crippen LogP contribution is -2.15. The van der Waals surface area contributed by atoms with Crippen molar-refractivity contribution in [1.82, 2.24) is 0 Å². The van der Waals surface area contributed by atoms with E-state index in [9.17, 15) is 14.7 Å². The molecule has 6 nitrogen and oxygen atoms in total. The topological polar surface area (TPSA) is 86.0 Å². The van der Waals surface area contributed by atoms with Crippen LogP contribution in [-0.4, -0.2) is 17.2 Å². The van der Waals surface area contributed by atoms with Crippen LogP contribution in [0.15, 0.2) is 57.7 Å². The Hall–Kier alpha value is -3.28. The van der Waals surface area contributed by atoms with Crippen molar-refractivity contribution in [1.29, 1.82) is 0 Å². The summed E-state index contributed by atoms with van der Waals surface area (Å²) in [4.78, 5) is 24.3. The highest BCUT2D eigenvalue weighted by Crippen LogP contribution is 2.38. The van der Waals surface area contributed by atoms with Crippen LogP contribution in [0.3, 0.4) is 0 Å². The average molecular weight is 340 g/mol. The summed E-state index contributed by atoms with van der Waals surface area (Å²) in [6.07, 6.45) is -0.160. The summed E-state index contributed by atoms with van der Waals surface area (Å²) in [6.45, 7) is 3.65. The number of esters is 1. The molecule has 1 aromatic heterocycles. The summed E-state index contributed by atoms with van der Waals surface area (Å²) in [7, 11) is 0. The van der Waals surface area contributed by atoms with Crippen molar-refractivity contribution in [3.63, 3.8) is 0 Å². The molecule has 0 bridgehead atoms. The molecule has 0 aliphatic carbocycles. The fourth-order valence-electron chi connectivity index (χ4n) is 2.35. The minimum atomic E-state index is -0.948. The number of hydrogen-bond acceptors (Lipinski definition) is 6. The smallest absolute Gasteiger partial charge is 0.383 e. The third-order valence-corrected chi connectivity index (χ3v) is 3.39. The number of benzene rings is 2. The molecular weight excluding hydrogens is 324 g/mol. The zero-order valence-electron chi connectivity index (χ0n) is 13.7. The molecule has 0 saturated heterocycles. The summed E-state index contributed by atoms with van der Waals surface area (Å²) in [5.74, 6) is -1.51. The first-order valence-corrected chi connectivity index (χ1v) is 7.70. The van der Waals surface area contributed by atoms with Crippen molar-refractivity contribution in [3.05, 3.63) is 64.5 Å². The van der Waals surface area contributed by atoms with Crippen molar-refractivity contribution in [2.45, 2.75) is 20.0 Å². The highest BCUT2D eigenvalue weighted by atomic mass is 16.6. The first kappa shape index (κ1) is 16.6. The van der Waals surface area contributed by atoms with E-state index in [1.807, 2.05) is 13.8 Å². The molecule has 0 aliphatic heterocycles. The van der Waals surface area contributed by atoms with E-state index in [1.54, 1.807) is 30.3 Å². The van der Waals surface area contributed by atoms with E-state index < -0.39 is 23.1 Å². The Bertz CT molecular complexity index is 972. The Morgan fingerprint density at radius 2 is 1.80 bits per heavy atom. The zero-order chi connectivity index (χ0) is 18.0. The average Bonchev–Trinajstić information content (AvgIpc) is 2.58. The number of rotatable bonds is 4. The lowest BCUT2D eigenvalue weighted by molar-refractivity contribution is 0.0723. The Kier molecular flexibility index (Phi) is 4.43. The van der Waals surface area contributed by atoms with E-state index in [2.05, 4.69) is 0 Å². The molecule has 0 amide bonds. The predicted octanol–water partition coefficient (Wildman–Crippen LogP) is 3.51. The van der Waals surface area contributed by atoms with E-state index in [4.69, 9.17) is 13.9 Å². The molecule has 1 heterocycles. The molecule has 0 fully saturated rings. The summed E-state index contributed by atoms with van der Waals surface area (Å²) in [5, 5.41) is 10.7. The van der Waals surface area contributed by atoms with Gasteiger partial charge in [0, 0.05) is 0 Å². The maximum atomic E-state index is 12.2. The molecule has 0 unspecified atom stereocenters. The van der Waals surface area contributed by atoms with Crippen LogP contribution >= 0.6 is 0 Å². The fourth-order valence-corrected chi connectivity index (χ4v) is 2.35. The molecule has 2 aromatic carbocycles. The largest absolute Gasteiger partial charge is 0.503 e. The quantitative estimate of drug-likeness (QED) is 0.578. The second-order valence-corrected chi connectivity index (χ2v) is 5.62. The number of fused-ring (bicyclic) bond motifs is 1. The van der Waals surface area contributed by atoms with Gasteiger partial charge in [-0.1, -0.05) is 24.3 Å². The van der Waals surface area contributed by atoms with Gasteiger partial charge in [-0.2, -0.15) is 0 Å². The molecule has 3 rings (SSSR count). The number of aromatic hydroxyl groups is 1. The lowest BCUT2D eigenvalue weighted by atomic mass is 10.2. The zero-order valence-corrected chi connectivity index (χ0v) is 13.7. The van der Waals surface area contributed by atoms with Crippen molar-refractivity contribution in [2.24, 2.45) is 0 Å². The summed E-state index contributed by atoms with van der Waals surface area (Å²) < 4.78 is 15.9. The molecule has 0 radical (unpaired) electrons. The first-order chi connectivity index (χ1) is 12.0. The minimum Gasteiger partial charge on any atom is -0.503 e. The van der Waals surface area contributed by atoms with Crippen LogP contribution in [0.1, 0.15) is 24.2 Å². The van der Waals surface area contributed by atoms with Gasteiger partial charge in [-0.3, -0.25) is 0 Å². The van der Waals surface area contributed by atoms with Gasteiger partial charge in [0.25, 0.3) is 5.75 Å². The molecule has 0 atom stereocenters. The second kappa shape index (κ2) is 6.68. The Balaban J connectivity index is 2.09. The van der Waals surface area contributed by atoms with Gasteiger partial charge in [-0.15, -0.1) is 0 Å². The molecular formula is C19H16O6. The third-order valence-electron chi connectivity index (χ3n) is 3.39. The molecule has 0 spiro atoms. The Morgan fingerprint density at radius 3 is 2.48 bits per heavy atom. The normalized spacial score (nSPS) is 10.8. The summed E-state index contributed by atoms with van der Waals surface area (Å²) in [6, 6.07) is 12.9. The molecule has 0 aliphatic rings. The van der Waals surface area contributed by atoms with Gasteiger partial charge in [-0.25, -0.2) is 9.59 Å². The van der Waals surface area contributed by atoms with E-state index in [-0.39, 0.29) is 22.6 Å². The van der Waals surface area contributed by atoms with Crippen LogP contribution in [0, 0.1) is 0 Å². The van der Waals surface area contributed by atoms with Crippen LogP contribution in [0.2, 0.25) is 0 Å². The molecule has 0 saturated carbocycles. The van der Waals surface area contributed by atoms with E-state index in [0.29, 0.717) is 5.75 Å². The Labute approximate surface area is 143 Å². The second-order valence-electron chi connectivity index (χ2n) is 5.62. The van der Waals surface area contributed by atoms with Crippen molar-refractivity contribution in [2.75, 3.05) is 0 Å². The van der Waals surface area contributed by atoms with Gasteiger partial charge < -0.3 is 19.0 Å². The summed E-state index contributed by atoms with van der Waals surface area (Å²) >= 11 is 0. The minimum absolute atomic E-state index is 0.139. The predicted molar refractivity (Wildman–Crippen MR) is 91.3 cm³/mol. The van der Waals surface area contributed by atoms with Crippen molar-refractivity contribution < 1.29 is 23.8 Å². The SMILES string of the molecule is CC(C)Oc1cccc2oc(=O)c(OC(=O)c3ccccc3)c(O)c12. The van der Waals surface area contributed by atoms with Gasteiger partial charge in [0.1, 0.15) is 16.7 Å². The number of carbonyl (C=O) groups excluding carboxylic acids is 1. The van der Waals surface area contributed by atoms with Gasteiger partial charge in [0.15, 0.2) is 5.75 Å². The van der Waals surface area contributed by atoms with Gasteiger partial charge in [0.05, 0.1) is 11.7 Å². The molecule has 1 N–H and O–H groups in total. The molecule has 3 aromatic rings. The molecule has 25 heavy (non-hydrogen) atoms. The van der Waals surface area contributed by atoms with Crippen LogP contribution in [0.4, 0.5) is 0 Å². The highest BCUT2D eigenvalue weighted by molar-refractivity contribution is 5.94. The maximum Gasteiger partial charge on any atom is 0.383 e. The van der Waals surface area contributed by atoms with Crippen LogP contribution in [-0.2, 0) is 0 Å². The van der Waals surface area contributed by atoms with Crippen LogP contribution in [0.5, 0.6) is 17.2 Å². The molecule has 128 valence electrons. The van der Waals surface area contributed by atoms with Gasteiger partial charge in [0.2, 0.25) is 0 Å². The van der Waals surface area contributed by atoms with Crippen molar-refractivity contribution >= 4 is 16.9 Å². The maximum absolute atomic E-state index is 12.2. The summed E-state index contributed by atoms with van der Waals surface area (Å²) in [5.41, 5.74) is -0.566. The van der Waals surface area contributed by atoms with Gasteiger partial charge >= 0.3 is 11.6 Å².